The number of nitrogens with zero attached hydrogens (tertiary/aromatic N) is 4. The smallest absolute Gasteiger partial charge is 0.247 e. The highest BCUT2D eigenvalue weighted by Gasteiger charge is 2.17. The molecule has 1 unspecified atom stereocenters. The molecule has 0 saturated heterocycles. The summed E-state index contributed by atoms with van der Waals surface area (Å²) in [6.45, 7) is 8.84. The minimum atomic E-state index is -1.27. The molecule has 11 nitrogen and oxygen atoms in total. The maximum atomic E-state index is 12.4. The van der Waals surface area contributed by atoms with Crippen LogP contribution in [0.5, 0.6) is 5.75 Å². The van der Waals surface area contributed by atoms with Gasteiger partial charge in [0.25, 0.3) is 0 Å². The number of hydrogen-bond acceptors (Lipinski definition) is 9. The van der Waals surface area contributed by atoms with E-state index in [0.29, 0.717) is 39.3 Å². The molecule has 2 aromatic carbocycles. The van der Waals surface area contributed by atoms with Crippen molar-refractivity contribution in [1.82, 2.24) is 14.9 Å². The van der Waals surface area contributed by atoms with E-state index in [4.69, 9.17) is 16.3 Å². The molecule has 0 spiro atoms. The summed E-state index contributed by atoms with van der Waals surface area (Å²) >= 11 is 6.44. The lowest BCUT2D eigenvalue weighted by atomic mass is 10.2. The van der Waals surface area contributed by atoms with Gasteiger partial charge in [0.2, 0.25) is 11.9 Å². The molecule has 0 aliphatic carbocycles. The first-order valence-corrected chi connectivity index (χ1v) is 14.5. The first-order valence-electron chi connectivity index (χ1n) is 12.9. The normalized spacial score (nSPS) is 11.6. The van der Waals surface area contributed by atoms with Crippen molar-refractivity contribution in [1.29, 1.82) is 0 Å². The maximum Gasteiger partial charge on any atom is 0.247 e. The fourth-order valence-corrected chi connectivity index (χ4v) is 4.34. The van der Waals surface area contributed by atoms with Crippen LogP contribution in [0.25, 0.3) is 0 Å². The molecule has 0 saturated carbocycles. The van der Waals surface area contributed by atoms with Crippen LogP contribution in [0, 0.1) is 0 Å². The Bertz CT molecular complexity index is 1400. The van der Waals surface area contributed by atoms with Crippen LogP contribution in [0.2, 0.25) is 5.02 Å². The minimum Gasteiger partial charge on any atom is -0.494 e. The standard InChI is InChI=1S/C28H37ClN8O3S/c1-8-26(38)31-22-15-23(25(40-7)16-24(22)37(6)14-13-36(4)5)33-28-30-17-19(29)27(34-28)32-20-11-9-10-12-21(20)35-41(39)18(2)3/h8-12,15-18,35H,1,13-14H2,2-7H3,(H,31,38)(H2,30,32,33,34). The fraction of sp³-hybridized carbons (Fsp3) is 0.321. The second kappa shape index (κ2) is 14.7. The van der Waals surface area contributed by atoms with Crippen LogP contribution in [-0.2, 0) is 15.8 Å². The van der Waals surface area contributed by atoms with Crippen molar-refractivity contribution in [3.8, 4) is 5.75 Å². The number of para-hydroxylation sites is 2. The van der Waals surface area contributed by atoms with Crippen LogP contribution >= 0.6 is 11.6 Å². The average molecular weight is 601 g/mol. The monoisotopic (exact) mass is 600 g/mol. The predicted octanol–water partition coefficient (Wildman–Crippen LogP) is 5.23. The summed E-state index contributed by atoms with van der Waals surface area (Å²) in [7, 11) is 6.23. The second-order valence-electron chi connectivity index (χ2n) is 9.62. The Hall–Kier alpha value is -3.87. The van der Waals surface area contributed by atoms with Gasteiger partial charge < -0.3 is 35.2 Å². The molecule has 1 atom stereocenters. The number of nitrogens with one attached hydrogen (secondary N) is 4. The highest BCUT2D eigenvalue weighted by Crippen LogP contribution is 2.38. The molecule has 0 fully saturated rings. The van der Waals surface area contributed by atoms with Gasteiger partial charge >= 0.3 is 0 Å². The summed E-state index contributed by atoms with van der Waals surface area (Å²) in [6.07, 6.45) is 2.68. The molecule has 0 aliphatic rings. The first-order chi connectivity index (χ1) is 19.5. The Morgan fingerprint density at radius 3 is 2.44 bits per heavy atom. The van der Waals surface area contributed by atoms with E-state index in [9.17, 15) is 9.00 Å². The number of amides is 1. The van der Waals surface area contributed by atoms with E-state index >= 15 is 0 Å². The van der Waals surface area contributed by atoms with E-state index in [1.165, 1.54) is 12.3 Å². The zero-order valence-electron chi connectivity index (χ0n) is 24.1. The van der Waals surface area contributed by atoms with Gasteiger partial charge in [-0.3, -0.25) is 4.79 Å². The van der Waals surface area contributed by atoms with E-state index in [1.807, 2.05) is 70.2 Å². The van der Waals surface area contributed by atoms with Crippen molar-refractivity contribution in [3.63, 3.8) is 0 Å². The van der Waals surface area contributed by atoms with Gasteiger partial charge in [-0.25, -0.2) is 9.19 Å². The largest absolute Gasteiger partial charge is 0.494 e. The van der Waals surface area contributed by atoms with Gasteiger partial charge in [0.1, 0.15) is 21.8 Å². The van der Waals surface area contributed by atoms with Crippen LogP contribution < -0.4 is 30.3 Å². The van der Waals surface area contributed by atoms with Crippen molar-refractivity contribution in [2.45, 2.75) is 19.1 Å². The summed E-state index contributed by atoms with van der Waals surface area (Å²) in [5, 5.41) is 9.47. The van der Waals surface area contributed by atoms with Crippen molar-refractivity contribution < 1.29 is 13.7 Å². The SMILES string of the molecule is C=CC(=O)Nc1cc(Nc2ncc(Cl)c(Nc3ccccc3NS(=O)C(C)C)n2)c(OC)cc1N(C)CCN(C)C. The minimum absolute atomic E-state index is 0.0724. The van der Waals surface area contributed by atoms with Crippen LogP contribution in [0.4, 0.5) is 40.2 Å². The lowest BCUT2D eigenvalue weighted by Gasteiger charge is -2.26. The van der Waals surface area contributed by atoms with Crippen LogP contribution in [0.3, 0.4) is 0 Å². The molecule has 3 aromatic rings. The Kier molecular flexibility index (Phi) is 11.3. The molecule has 220 valence electrons. The Morgan fingerprint density at radius 1 is 1.10 bits per heavy atom. The van der Waals surface area contributed by atoms with Crippen molar-refractivity contribution >= 4 is 68.7 Å². The van der Waals surface area contributed by atoms with Crippen LogP contribution in [-0.4, -0.2) is 71.6 Å². The van der Waals surface area contributed by atoms with Gasteiger partial charge in [-0.1, -0.05) is 30.3 Å². The molecule has 1 heterocycles. The molecule has 3 rings (SSSR count). The van der Waals surface area contributed by atoms with Crippen LogP contribution in [0.1, 0.15) is 13.8 Å². The van der Waals surface area contributed by atoms with Crippen LogP contribution in [0.15, 0.2) is 55.3 Å². The molecule has 0 aliphatic heterocycles. The summed E-state index contributed by atoms with van der Waals surface area (Å²) < 4.78 is 21.1. The Morgan fingerprint density at radius 2 is 1.80 bits per heavy atom. The maximum absolute atomic E-state index is 12.4. The number of methoxy groups -OCH3 is 1. The number of hydrogen-bond donors (Lipinski definition) is 4. The van der Waals surface area contributed by atoms with Crippen molar-refractivity contribution in [2.75, 3.05) is 66.9 Å². The summed E-state index contributed by atoms with van der Waals surface area (Å²) in [5.41, 5.74) is 3.14. The molecule has 13 heteroatoms. The van der Waals surface area contributed by atoms with Gasteiger partial charge in [0.05, 0.1) is 41.7 Å². The molecule has 1 amide bonds. The van der Waals surface area contributed by atoms with E-state index in [-0.39, 0.29) is 17.1 Å². The zero-order chi connectivity index (χ0) is 30.1. The quantitative estimate of drug-likeness (QED) is 0.184. The summed E-state index contributed by atoms with van der Waals surface area (Å²) in [4.78, 5) is 25.3. The van der Waals surface area contributed by atoms with Gasteiger partial charge in [0.15, 0.2) is 5.82 Å². The number of aromatic nitrogens is 2. The molecule has 0 radical (unpaired) electrons. The zero-order valence-corrected chi connectivity index (χ0v) is 25.7. The topological polar surface area (TPSA) is 124 Å². The molecule has 0 bridgehead atoms. The van der Waals surface area contributed by atoms with Gasteiger partial charge in [-0.05, 0) is 52.2 Å². The third-order valence-corrected chi connectivity index (χ3v) is 7.42. The number of ether oxygens (including phenoxy) is 1. The van der Waals surface area contributed by atoms with Crippen molar-refractivity contribution in [3.05, 3.63) is 60.3 Å². The van der Waals surface area contributed by atoms with E-state index in [1.54, 1.807) is 13.2 Å². The third kappa shape index (κ3) is 8.81. The number of carbonyl (C=O) groups excluding carboxylic acids is 1. The first kappa shape index (κ1) is 31.7. The van der Waals surface area contributed by atoms with E-state index in [2.05, 4.69) is 42.1 Å². The number of rotatable bonds is 14. The second-order valence-corrected chi connectivity index (χ2v) is 11.8. The third-order valence-electron chi connectivity index (χ3n) is 5.86. The number of anilines is 7. The lowest BCUT2D eigenvalue weighted by Crippen LogP contribution is -2.29. The lowest BCUT2D eigenvalue weighted by molar-refractivity contribution is -0.111. The Balaban J connectivity index is 1.95. The molecule has 41 heavy (non-hydrogen) atoms. The fourth-order valence-electron chi connectivity index (χ4n) is 3.58. The van der Waals surface area contributed by atoms with Gasteiger partial charge in [-0.2, -0.15) is 4.98 Å². The predicted molar refractivity (Wildman–Crippen MR) is 171 cm³/mol. The highest BCUT2D eigenvalue weighted by atomic mass is 35.5. The number of likely N-dealkylation sites (N-methyl/N-ethyl adjacent to an activating group) is 2. The molecule has 1 aromatic heterocycles. The molecule has 4 N–H and O–H groups in total. The van der Waals surface area contributed by atoms with E-state index in [0.717, 1.165) is 18.8 Å². The van der Waals surface area contributed by atoms with Gasteiger partial charge in [0, 0.05) is 31.5 Å². The average Bonchev–Trinajstić information content (AvgIpc) is 2.94. The number of carbonyl (C=O) groups is 1. The summed E-state index contributed by atoms with van der Waals surface area (Å²) in [6, 6.07) is 10.9. The summed E-state index contributed by atoms with van der Waals surface area (Å²) in [5.74, 6) is 0.754. The highest BCUT2D eigenvalue weighted by molar-refractivity contribution is 7.86. The number of halogens is 1. The number of benzene rings is 2. The molecular formula is C28H37ClN8O3S. The van der Waals surface area contributed by atoms with Crippen molar-refractivity contribution in [2.24, 2.45) is 0 Å². The van der Waals surface area contributed by atoms with E-state index < -0.39 is 11.0 Å². The Labute approximate surface area is 248 Å². The van der Waals surface area contributed by atoms with Gasteiger partial charge in [-0.15, -0.1) is 0 Å². The molecular weight excluding hydrogens is 564 g/mol.